The maximum Gasteiger partial charge on any atom is 0.322 e. The van der Waals surface area contributed by atoms with Crippen LogP contribution in [0, 0.1) is 11.8 Å². The van der Waals surface area contributed by atoms with Gasteiger partial charge in [-0.05, 0) is 42.2 Å². The van der Waals surface area contributed by atoms with Crippen LogP contribution in [0.15, 0.2) is 24.3 Å². The van der Waals surface area contributed by atoms with E-state index in [9.17, 15) is 18.3 Å². The summed E-state index contributed by atoms with van der Waals surface area (Å²) in [6.45, 7) is 3.60. The molecular weight excluding hydrogens is 314 g/mol. The van der Waals surface area contributed by atoms with E-state index >= 15 is 0 Å². The first-order valence-corrected chi connectivity index (χ1v) is 9.77. The Labute approximate surface area is 138 Å². The highest BCUT2D eigenvalue weighted by atomic mass is 32.2. The van der Waals surface area contributed by atoms with Crippen molar-refractivity contribution in [2.75, 3.05) is 5.75 Å². The quantitative estimate of drug-likeness (QED) is 0.760. The van der Waals surface area contributed by atoms with E-state index < -0.39 is 22.0 Å². The number of benzene rings is 1. The summed E-state index contributed by atoms with van der Waals surface area (Å²) in [5, 5.41) is 9.21. The highest BCUT2D eigenvalue weighted by Crippen LogP contribution is 2.28. The fourth-order valence-corrected chi connectivity index (χ4v) is 4.56. The molecule has 0 spiro atoms. The first kappa shape index (κ1) is 17.9. The number of aliphatic carboxylic acids is 1. The van der Waals surface area contributed by atoms with Crippen LogP contribution in [-0.4, -0.2) is 31.3 Å². The number of hydrogen-bond donors (Lipinski definition) is 2. The first-order valence-electron chi connectivity index (χ1n) is 8.12. The molecule has 0 amide bonds. The van der Waals surface area contributed by atoms with E-state index in [2.05, 4.69) is 16.9 Å². The second kappa shape index (κ2) is 7.45. The summed E-state index contributed by atoms with van der Waals surface area (Å²) in [5.74, 6) is -1.06. The molecular formula is C17H25NO4S. The lowest BCUT2D eigenvalue weighted by molar-refractivity contribution is -0.140. The lowest BCUT2D eigenvalue weighted by Crippen LogP contribution is -2.45. The van der Waals surface area contributed by atoms with Crippen molar-refractivity contribution in [2.24, 2.45) is 11.8 Å². The van der Waals surface area contributed by atoms with Gasteiger partial charge in [0.05, 0.1) is 5.75 Å². The lowest BCUT2D eigenvalue weighted by atomic mass is 10.0. The standard InChI is InChI=1S/C17H25NO4S/c1-3-12(2)16(17(19)20)18-23(21,22)9-8-13-10-14-6-4-5-7-15(14)11-13/h4-7,12-13,16,18H,3,8-11H2,1-2H3,(H,19,20)/t12-,16-/m0/s1. The minimum Gasteiger partial charge on any atom is -0.480 e. The lowest BCUT2D eigenvalue weighted by Gasteiger charge is -2.20. The second-order valence-electron chi connectivity index (χ2n) is 6.47. The molecule has 1 aliphatic carbocycles. The molecule has 128 valence electrons. The molecule has 1 aromatic carbocycles. The van der Waals surface area contributed by atoms with Crippen LogP contribution in [0.25, 0.3) is 0 Å². The smallest absolute Gasteiger partial charge is 0.322 e. The van der Waals surface area contributed by atoms with Gasteiger partial charge in [0.1, 0.15) is 6.04 Å². The molecule has 1 aliphatic rings. The Morgan fingerprint density at radius 3 is 2.35 bits per heavy atom. The largest absolute Gasteiger partial charge is 0.480 e. The highest BCUT2D eigenvalue weighted by Gasteiger charge is 2.29. The SMILES string of the molecule is CC[C@H](C)[C@H](NS(=O)(=O)CCC1Cc2ccccc2C1)C(=O)O. The van der Waals surface area contributed by atoms with Gasteiger partial charge in [-0.2, -0.15) is 0 Å². The number of sulfonamides is 1. The Bertz CT molecular complexity index is 631. The van der Waals surface area contributed by atoms with Crippen LogP contribution in [0.2, 0.25) is 0 Å². The summed E-state index contributed by atoms with van der Waals surface area (Å²) in [7, 11) is -3.59. The van der Waals surface area contributed by atoms with Crippen LogP contribution in [0.4, 0.5) is 0 Å². The summed E-state index contributed by atoms with van der Waals surface area (Å²) in [6.07, 6.45) is 2.97. The predicted molar refractivity (Wildman–Crippen MR) is 89.8 cm³/mol. The molecule has 2 rings (SSSR count). The summed E-state index contributed by atoms with van der Waals surface area (Å²) in [5.41, 5.74) is 2.59. The first-order chi connectivity index (χ1) is 10.8. The Hall–Kier alpha value is -1.40. The van der Waals surface area contributed by atoms with Crippen molar-refractivity contribution in [1.82, 2.24) is 4.72 Å². The normalized spacial score (nSPS) is 17.7. The van der Waals surface area contributed by atoms with E-state index in [1.165, 1.54) is 11.1 Å². The maximum atomic E-state index is 12.2. The molecule has 2 atom stereocenters. The third kappa shape index (κ3) is 4.78. The van der Waals surface area contributed by atoms with Crippen molar-refractivity contribution in [2.45, 2.75) is 45.6 Å². The molecule has 0 fully saturated rings. The minimum absolute atomic E-state index is 0.0220. The van der Waals surface area contributed by atoms with Crippen LogP contribution in [-0.2, 0) is 27.7 Å². The van der Waals surface area contributed by atoms with Crippen LogP contribution in [0.1, 0.15) is 37.8 Å². The van der Waals surface area contributed by atoms with Gasteiger partial charge in [-0.3, -0.25) is 4.79 Å². The fraction of sp³-hybridized carbons (Fsp3) is 0.588. The predicted octanol–water partition coefficient (Wildman–Crippen LogP) is 2.21. The Balaban J connectivity index is 1.91. The number of carbonyl (C=O) groups is 1. The van der Waals surface area contributed by atoms with Gasteiger partial charge in [0.15, 0.2) is 0 Å². The van der Waals surface area contributed by atoms with Crippen LogP contribution < -0.4 is 4.72 Å². The Morgan fingerprint density at radius 2 is 1.87 bits per heavy atom. The number of carboxylic acid groups (broad SMARTS) is 1. The third-order valence-electron chi connectivity index (χ3n) is 4.72. The van der Waals surface area contributed by atoms with Crippen molar-refractivity contribution in [3.63, 3.8) is 0 Å². The van der Waals surface area contributed by atoms with Crippen molar-refractivity contribution >= 4 is 16.0 Å². The average Bonchev–Trinajstić information content (AvgIpc) is 2.93. The number of hydrogen-bond acceptors (Lipinski definition) is 3. The van der Waals surface area contributed by atoms with E-state index in [1.54, 1.807) is 6.92 Å². The molecule has 0 saturated heterocycles. The Morgan fingerprint density at radius 1 is 1.30 bits per heavy atom. The zero-order chi connectivity index (χ0) is 17.0. The van der Waals surface area contributed by atoms with E-state index in [0.717, 1.165) is 12.8 Å². The molecule has 0 radical (unpaired) electrons. The van der Waals surface area contributed by atoms with Crippen LogP contribution in [0.3, 0.4) is 0 Å². The minimum atomic E-state index is -3.59. The molecule has 0 unspecified atom stereocenters. The van der Waals surface area contributed by atoms with Gasteiger partial charge in [-0.1, -0.05) is 44.5 Å². The fourth-order valence-electron chi connectivity index (χ4n) is 3.07. The molecule has 6 heteroatoms. The highest BCUT2D eigenvalue weighted by molar-refractivity contribution is 7.89. The number of nitrogens with one attached hydrogen (secondary N) is 1. The van der Waals surface area contributed by atoms with Gasteiger partial charge >= 0.3 is 5.97 Å². The molecule has 0 aromatic heterocycles. The van der Waals surface area contributed by atoms with Gasteiger partial charge in [0, 0.05) is 0 Å². The number of fused-ring (bicyclic) bond motifs is 1. The molecule has 1 aromatic rings. The van der Waals surface area contributed by atoms with E-state index in [4.69, 9.17) is 0 Å². The van der Waals surface area contributed by atoms with Crippen LogP contribution >= 0.6 is 0 Å². The molecule has 0 bridgehead atoms. The third-order valence-corrected chi connectivity index (χ3v) is 6.10. The summed E-state index contributed by atoms with van der Waals surface area (Å²) in [4.78, 5) is 11.3. The Kier molecular flexibility index (Phi) is 5.81. The molecule has 2 N–H and O–H groups in total. The van der Waals surface area contributed by atoms with E-state index in [-0.39, 0.29) is 11.7 Å². The van der Waals surface area contributed by atoms with Gasteiger partial charge in [0.2, 0.25) is 10.0 Å². The zero-order valence-corrected chi connectivity index (χ0v) is 14.5. The second-order valence-corrected chi connectivity index (χ2v) is 8.34. The van der Waals surface area contributed by atoms with Crippen molar-refractivity contribution in [3.8, 4) is 0 Å². The summed E-state index contributed by atoms with van der Waals surface area (Å²) in [6, 6.07) is 7.13. The topological polar surface area (TPSA) is 83.5 Å². The number of rotatable bonds is 8. The summed E-state index contributed by atoms with van der Waals surface area (Å²) >= 11 is 0. The van der Waals surface area contributed by atoms with Gasteiger partial charge in [-0.15, -0.1) is 0 Å². The van der Waals surface area contributed by atoms with Gasteiger partial charge in [0.25, 0.3) is 0 Å². The average molecular weight is 339 g/mol. The summed E-state index contributed by atoms with van der Waals surface area (Å²) < 4.78 is 26.8. The maximum absolute atomic E-state index is 12.2. The molecule has 5 nitrogen and oxygen atoms in total. The van der Waals surface area contributed by atoms with E-state index in [1.807, 2.05) is 19.1 Å². The van der Waals surface area contributed by atoms with Crippen molar-refractivity contribution in [1.29, 1.82) is 0 Å². The molecule has 23 heavy (non-hydrogen) atoms. The number of carboxylic acids is 1. The molecule has 0 aliphatic heterocycles. The van der Waals surface area contributed by atoms with Crippen LogP contribution in [0.5, 0.6) is 0 Å². The van der Waals surface area contributed by atoms with E-state index in [0.29, 0.717) is 18.8 Å². The molecule has 0 saturated carbocycles. The monoisotopic (exact) mass is 339 g/mol. The zero-order valence-electron chi connectivity index (χ0n) is 13.7. The van der Waals surface area contributed by atoms with Gasteiger partial charge in [-0.25, -0.2) is 13.1 Å². The van der Waals surface area contributed by atoms with Crippen molar-refractivity contribution in [3.05, 3.63) is 35.4 Å². The van der Waals surface area contributed by atoms with Crippen molar-refractivity contribution < 1.29 is 18.3 Å². The van der Waals surface area contributed by atoms with Gasteiger partial charge < -0.3 is 5.11 Å². The molecule has 0 heterocycles.